The molecule has 0 unspecified atom stereocenters. The van der Waals surface area contributed by atoms with Crippen LogP contribution in [0.3, 0.4) is 0 Å². The van der Waals surface area contributed by atoms with Crippen molar-refractivity contribution < 1.29 is 0 Å². The molecule has 0 saturated heterocycles. The highest BCUT2D eigenvalue weighted by atomic mass is 35.5. The Kier molecular flexibility index (Phi) is 4.88. The summed E-state index contributed by atoms with van der Waals surface area (Å²) in [7, 11) is 0. The first-order chi connectivity index (χ1) is 7.17. The van der Waals surface area contributed by atoms with Gasteiger partial charge in [-0.3, -0.25) is 4.99 Å². The van der Waals surface area contributed by atoms with E-state index in [0.29, 0.717) is 23.0 Å². The molecule has 0 aliphatic heterocycles. The van der Waals surface area contributed by atoms with Gasteiger partial charge in [-0.1, -0.05) is 29.3 Å². The molecule has 82 valence electrons. The van der Waals surface area contributed by atoms with Crippen LogP contribution < -0.4 is 11.3 Å². The van der Waals surface area contributed by atoms with Crippen LogP contribution in [0.15, 0.2) is 23.2 Å². The zero-order chi connectivity index (χ0) is 11.3. The lowest BCUT2D eigenvalue weighted by molar-refractivity contribution is 0.958. The predicted molar refractivity (Wildman–Crippen MR) is 65.5 cm³/mol. The maximum absolute atomic E-state index is 5.89. The van der Waals surface area contributed by atoms with Gasteiger partial charge >= 0.3 is 0 Å². The Morgan fingerprint density at radius 3 is 2.67 bits per heavy atom. The van der Waals surface area contributed by atoms with Gasteiger partial charge in [-0.15, -0.1) is 0 Å². The molecule has 0 amide bonds. The number of hydrazine groups is 1. The average Bonchev–Trinajstić information content (AvgIpc) is 2.23. The van der Waals surface area contributed by atoms with Crippen molar-refractivity contribution in [2.45, 2.75) is 13.3 Å². The molecule has 15 heavy (non-hydrogen) atoms. The first-order valence-electron chi connectivity index (χ1n) is 4.61. The molecule has 0 aromatic heterocycles. The molecule has 0 aliphatic carbocycles. The number of nitrogens with zero attached hydrogens (tertiary/aromatic N) is 1. The lowest BCUT2D eigenvalue weighted by atomic mass is 10.1. The minimum absolute atomic E-state index is 0.544. The van der Waals surface area contributed by atoms with Crippen LogP contribution in [0.2, 0.25) is 10.0 Å². The molecule has 1 aromatic rings. The van der Waals surface area contributed by atoms with Gasteiger partial charge in [-0.2, -0.15) is 0 Å². The van der Waals surface area contributed by atoms with E-state index < -0.39 is 0 Å². The van der Waals surface area contributed by atoms with Crippen molar-refractivity contribution in [2.24, 2.45) is 10.8 Å². The largest absolute Gasteiger partial charge is 0.312 e. The van der Waals surface area contributed by atoms with Crippen molar-refractivity contribution in [3.63, 3.8) is 0 Å². The van der Waals surface area contributed by atoms with Crippen LogP contribution in [0.1, 0.15) is 12.5 Å². The topological polar surface area (TPSA) is 50.4 Å². The minimum atomic E-state index is 0.544. The molecule has 5 heteroatoms. The number of rotatable bonds is 3. The Bertz CT molecular complexity index is 364. The standard InChI is InChI=1S/C10H13Cl2N3/c1-2-14-10(15-13)6-7-3-4-8(11)9(12)5-7/h3-5H,2,6,13H2,1H3,(H,14,15). The van der Waals surface area contributed by atoms with Gasteiger partial charge < -0.3 is 5.43 Å². The first-order valence-corrected chi connectivity index (χ1v) is 5.36. The van der Waals surface area contributed by atoms with Crippen LogP contribution in [0, 0.1) is 0 Å². The molecule has 1 rings (SSSR count). The van der Waals surface area contributed by atoms with Crippen molar-refractivity contribution in [3.8, 4) is 0 Å². The van der Waals surface area contributed by atoms with Crippen molar-refractivity contribution in [1.82, 2.24) is 5.43 Å². The van der Waals surface area contributed by atoms with Gasteiger partial charge in [-0.25, -0.2) is 5.84 Å². The first kappa shape index (κ1) is 12.3. The summed E-state index contributed by atoms with van der Waals surface area (Å²) in [5.74, 6) is 6.07. The van der Waals surface area contributed by atoms with Gasteiger partial charge in [-0.05, 0) is 24.6 Å². The van der Waals surface area contributed by atoms with Gasteiger partial charge in [0.05, 0.1) is 10.0 Å². The van der Waals surface area contributed by atoms with Gasteiger partial charge in [0.25, 0.3) is 0 Å². The molecule has 0 aliphatic rings. The van der Waals surface area contributed by atoms with Crippen LogP contribution in [0.4, 0.5) is 0 Å². The lowest BCUT2D eigenvalue weighted by Crippen LogP contribution is -2.32. The van der Waals surface area contributed by atoms with E-state index in [9.17, 15) is 0 Å². The van der Waals surface area contributed by atoms with Crippen LogP contribution in [-0.4, -0.2) is 12.4 Å². The number of hydrogen-bond donors (Lipinski definition) is 2. The van der Waals surface area contributed by atoms with Gasteiger partial charge in [0.2, 0.25) is 0 Å². The second-order valence-corrected chi connectivity index (χ2v) is 3.81. The predicted octanol–water partition coefficient (Wildman–Crippen LogP) is 2.42. The van der Waals surface area contributed by atoms with Gasteiger partial charge in [0.1, 0.15) is 5.84 Å². The van der Waals surface area contributed by atoms with E-state index in [1.165, 1.54) is 0 Å². The summed E-state index contributed by atoms with van der Waals surface area (Å²) < 4.78 is 0. The smallest absolute Gasteiger partial charge is 0.115 e. The molecule has 3 nitrogen and oxygen atoms in total. The van der Waals surface area contributed by atoms with E-state index in [4.69, 9.17) is 29.0 Å². The van der Waals surface area contributed by atoms with Crippen molar-refractivity contribution in [1.29, 1.82) is 0 Å². The quantitative estimate of drug-likeness (QED) is 0.372. The zero-order valence-electron chi connectivity index (χ0n) is 8.43. The molecule has 3 N–H and O–H groups in total. The third kappa shape index (κ3) is 3.70. The summed E-state index contributed by atoms with van der Waals surface area (Å²) in [6.45, 7) is 2.65. The van der Waals surface area contributed by atoms with Gasteiger partial charge in [0.15, 0.2) is 0 Å². The van der Waals surface area contributed by atoms with Crippen LogP contribution in [-0.2, 0) is 6.42 Å². The Morgan fingerprint density at radius 2 is 2.13 bits per heavy atom. The number of aliphatic imine (C=N–C) groups is 1. The number of halogens is 2. The number of amidine groups is 1. The average molecular weight is 246 g/mol. The fourth-order valence-corrected chi connectivity index (χ4v) is 1.51. The summed E-state index contributed by atoms with van der Waals surface area (Å²) >= 11 is 11.7. The molecule has 0 radical (unpaired) electrons. The molecule has 0 heterocycles. The van der Waals surface area contributed by atoms with E-state index in [-0.39, 0.29) is 0 Å². The molecule has 0 saturated carbocycles. The molecule has 0 atom stereocenters. The summed E-state index contributed by atoms with van der Waals surface area (Å²) in [4.78, 5) is 4.19. The van der Waals surface area contributed by atoms with Crippen LogP contribution >= 0.6 is 23.2 Å². The molecular weight excluding hydrogens is 233 g/mol. The second-order valence-electron chi connectivity index (χ2n) is 2.99. The fraction of sp³-hybridized carbons (Fsp3) is 0.300. The summed E-state index contributed by atoms with van der Waals surface area (Å²) in [5, 5.41) is 1.09. The number of nitrogens with one attached hydrogen (secondary N) is 1. The Morgan fingerprint density at radius 1 is 1.40 bits per heavy atom. The molecule has 0 spiro atoms. The monoisotopic (exact) mass is 245 g/mol. The second kappa shape index (κ2) is 5.95. The molecule has 0 fully saturated rings. The third-order valence-electron chi connectivity index (χ3n) is 1.87. The SMILES string of the molecule is CCN=C(Cc1ccc(Cl)c(Cl)c1)NN. The normalized spacial score (nSPS) is 11.6. The van der Waals surface area contributed by atoms with Crippen molar-refractivity contribution in [3.05, 3.63) is 33.8 Å². The van der Waals surface area contributed by atoms with E-state index in [2.05, 4.69) is 10.4 Å². The minimum Gasteiger partial charge on any atom is -0.312 e. The van der Waals surface area contributed by atoms with E-state index in [1.807, 2.05) is 19.1 Å². The van der Waals surface area contributed by atoms with E-state index in [0.717, 1.165) is 11.4 Å². The zero-order valence-corrected chi connectivity index (χ0v) is 9.94. The molecule has 1 aromatic carbocycles. The summed E-state index contributed by atoms with van der Waals surface area (Å²) in [5.41, 5.74) is 3.58. The highest BCUT2D eigenvalue weighted by molar-refractivity contribution is 6.42. The Hall–Kier alpha value is -0.770. The van der Waals surface area contributed by atoms with E-state index >= 15 is 0 Å². The van der Waals surface area contributed by atoms with Crippen LogP contribution in [0.25, 0.3) is 0 Å². The number of hydrogen-bond acceptors (Lipinski definition) is 2. The third-order valence-corrected chi connectivity index (χ3v) is 2.61. The highest BCUT2D eigenvalue weighted by Gasteiger charge is 2.02. The maximum Gasteiger partial charge on any atom is 0.115 e. The van der Waals surface area contributed by atoms with Crippen molar-refractivity contribution in [2.75, 3.05) is 6.54 Å². The highest BCUT2D eigenvalue weighted by Crippen LogP contribution is 2.22. The number of nitrogens with two attached hydrogens (primary N) is 1. The summed E-state index contributed by atoms with van der Waals surface area (Å²) in [6, 6.07) is 5.47. The van der Waals surface area contributed by atoms with Crippen molar-refractivity contribution >= 4 is 29.0 Å². The fourth-order valence-electron chi connectivity index (χ4n) is 1.19. The van der Waals surface area contributed by atoms with E-state index in [1.54, 1.807) is 6.07 Å². The Balaban J connectivity index is 2.80. The maximum atomic E-state index is 5.89. The van der Waals surface area contributed by atoms with Crippen LogP contribution in [0.5, 0.6) is 0 Å². The van der Waals surface area contributed by atoms with Gasteiger partial charge in [0, 0.05) is 13.0 Å². The summed E-state index contributed by atoms with van der Waals surface area (Å²) in [6.07, 6.45) is 0.626. The lowest BCUT2D eigenvalue weighted by Gasteiger charge is -2.06. The Labute approximate surface area is 99.3 Å². The number of benzene rings is 1. The molecular formula is C10H13Cl2N3. The molecule has 0 bridgehead atoms.